The molecule has 2 N–H and O–H groups in total. The van der Waals surface area contributed by atoms with Crippen LogP contribution in [-0.2, 0) is 0 Å². The molecule has 1 heterocycles. The van der Waals surface area contributed by atoms with Gasteiger partial charge in [0.2, 0.25) is 0 Å². The van der Waals surface area contributed by atoms with Crippen LogP contribution in [0.4, 0.5) is 0 Å². The van der Waals surface area contributed by atoms with E-state index in [9.17, 15) is 0 Å². The maximum absolute atomic E-state index is 6.28. The molecule has 0 aliphatic rings. The van der Waals surface area contributed by atoms with Gasteiger partial charge in [-0.15, -0.1) is 0 Å². The van der Waals surface area contributed by atoms with Gasteiger partial charge in [0.15, 0.2) is 11.5 Å². The molecule has 0 saturated carbocycles. The average Bonchev–Trinajstić information content (AvgIpc) is 2.69. The minimum atomic E-state index is 0.614. The van der Waals surface area contributed by atoms with Gasteiger partial charge in [-0.1, -0.05) is 0 Å². The second-order valence-electron chi connectivity index (χ2n) is 6.28. The molecule has 3 aromatic rings. The van der Waals surface area contributed by atoms with E-state index in [4.69, 9.17) is 20.1 Å². The lowest BCUT2D eigenvalue weighted by molar-refractivity contribution is 0.355. The van der Waals surface area contributed by atoms with E-state index < -0.39 is 0 Å². The first-order valence-electron chi connectivity index (χ1n) is 8.53. The summed E-state index contributed by atoms with van der Waals surface area (Å²) in [7, 11) is 3.20. The molecular weight excluding hydrogens is 342 g/mol. The zero-order valence-electron chi connectivity index (χ0n) is 16.2. The summed E-state index contributed by atoms with van der Waals surface area (Å²) in [6.45, 7) is 5.94. The molecule has 6 nitrogen and oxygen atoms in total. The third kappa shape index (κ3) is 3.51. The lowest BCUT2D eigenvalue weighted by Gasteiger charge is -2.16. The van der Waals surface area contributed by atoms with Crippen LogP contribution in [-0.4, -0.2) is 24.9 Å². The molecule has 3 rings (SSSR count). The van der Waals surface area contributed by atoms with Gasteiger partial charge in [0.05, 0.1) is 25.4 Å². The van der Waals surface area contributed by atoms with Crippen LogP contribution >= 0.6 is 0 Å². The monoisotopic (exact) mass is 365 g/mol. The van der Waals surface area contributed by atoms with Crippen LogP contribution in [0.2, 0.25) is 0 Å². The number of hydrogen-bond donors (Lipinski definition) is 1. The van der Waals surface area contributed by atoms with Crippen molar-refractivity contribution < 1.29 is 14.2 Å². The van der Waals surface area contributed by atoms with Gasteiger partial charge in [0, 0.05) is 23.2 Å². The molecule has 0 aliphatic heterocycles. The molecule has 0 saturated heterocycles. The molecule has 2 aromatic carbocycles. The van der Waals surface area contributed by atoms with Gasteiger partial charge < -0.3 is 20.1 Å². The van der Waals surface area contributed by atoms with E-state index in [0.29, 0.717) is 28.7 Å². The zero-order chi connectivity index (χ0) is 19.6. The lowest BCUT2D eigenvalue weighted by Crippen LogP contribution is -2.03. The number of fused-ring (bicyclic) bond motifs is 1. The lowest BCUT2D eigenvalue weighted by atomic mass is 10.0. The molecule has 0 bridgehead atoms. The maximum Gasteiger partial charge on any atom is 0.162 e. The van der Waals surface area contributed by atoms with E-state index >= 15 is 0 Å². The minimum absolute atomic E-state index is 0.614. The first kappa shape index (κ1) is 18.5. The summed E-state index contributed by atoms with van der Waals surface area (Å²) < 4.78 is 17.1. The standard InChI is InChI=1S/C21H23N3O3/c1-12-8-15(14(3)24-22)19(9-13(12)2)27-18-6-7-23-17-11-21(26-5)20(25-4)10-16(17)18/h6-11H,22H2,1-5H3. The Bertz CT molecular complexity index is 1030. The van der Waals surface area contributed by atoms with Crippen molar-refractivity contribution in [2.75, 3.05) is 14.2 Å². The van der Waals surface area contributed by atoms with Gasteiger partial charge in [-0.3, -0.25) is 4.98 Å². The molecule has 1 aromatic heterocycles. The van der Waals surface area contributed by atoms with Crippen molar-refractivity contribution in [2.24, 2.45) is 10.9 Å². The third-order valence-corrected chi connectivity index (χ3v) is 4.61. The number of hydrazone groups is 1. The number of methoxy groups -OCH3 is 2. The van der Waals surface area contributed by atoms with Crippen molar-refractivity contribution >= 4 is 16.6 Å². The van der Waals surface area contributed by atoms with Crippen molar-refractivity contribution in [3.8, 4) is 23.0 Å². The van der Waals surface area contributed by atoms with E-state index in [1.165, 1.54) is 0 Å². The molecule has 0 amide bonds. The highest BCUT2D eigenvalue weighted by Gasteiger charge is 2.15. The number of hydrogen-bond acceptors (Lipinski definition) is 6. The predicted molar refractivity (Wildman–Crippen MR) is 107 cm³/mol. The van der Waals surface area contributed by atoms with Crippen LogP contribution < -0.4 is 20.1 Å². The average molecular weight is 365 g/mol. The van der Waals surface area contributed by atoms with Crippen LogP contribution in [0.25, 0.3) is 10.9 Å². The van der Waals surface area contributed by atoms with Crippen molar-refractivity contribution in [1.29, 1.82) is 0 Å². The third-order valence-electron chi connectivity index (χ3n) is 4.61. The molecule has 140 valence electrons. The van der Waals surface area contributed by atoms with E-state index in [1.54, 1.807) is 20.4 Å². The molecule has 0 unspecified atom stereocenters. The summed E-state index contributed by atoms with van der Waals surface area (Å²) in [4.78, 5) is 4.41. The van der Waals surface area contributed by atoms with E-state index in [2.05, 4.69) is 10.1 Å². The fourth-order valence-corrected chi connectivity index (χ4v) is 2.88. The van der Waals surface area contributed by atoms with Crippen LogP contribution in [0, 0.1) is 13.8 Å². The number of aryl methyl sites for hydroxylation is 2. The summed E-state index contributed by atoms with van der Waals surface area (Å²) in [6.07, 6.45) is 1.70. The SMILES string of the molecule is COc1cc2nccc(Oc3cc(C)c(C)cc3C(C)=NN)c2cc1OC. The Morgan fingerprint density at radius 1 is 0.926 bits per heavy atom. The van der Waals surface area contributed by atoms with Crippen molar-refractivity contribution in [2.45, 2.75) is 20.8 Å². The maximum atomic E-state index is 6.28. The number of nitrogens with two attached hydrogens (primary N) is 1. The Labute approximate surface area is 158 Å². The normalized spacial score (nSPS) is 11.5. The Morgan fingerprint density at radius 3 is 2.26 bits per heavy atom. The summed E-state index contributed by atoms with van der Waals surface area (Å²) in [6, 6.07) is 9.54. The summed E-state index contributed by atoms with van der Waals surface area (Å²) in [5, 5.41) is 4.65. The van der Waals surface area contributed by atoms with Gasteiger partial charge in [-0.2, -0.15) is 5.10 Å². The fraction of sp³-hybridized carbons (Fsp3) is 0.238. The molecule has 0 fully saturated rings. The smallest absolute Gasteiger partial charge is 0.162 e. The minimum Gasteiger partial charge on any atom is -0.493 e. The largest absolute Gasteiger partial charge is 0.493 e. The quantitative estimate of drug-likeness (QED) is 0.413. The summed E-state index contributed by atoms with van der Waals surface area (Å²) in [5.74, 6) is 8.09. The molecule has 0 radical (unpaired) electrons. The number of nitrogens with zero attached hydrogens (tertiary/aromatic N) is 2. The second-order valence-corrected chi connectivity index (χ2v) is 6.28. The van der Waals surface area contributed by atoms with Crippen molar-refractivity contribution in [3.63, 3.8) is 0 Å². The number of aromatic nitrogens is 1. The van der Waals surface area contributed by atoms with Crippen LogP contribution in [0.5, 0.6) is 23.0 Å². The number of rotatable bonds is 5. The van der Waals surface area contributed by atoms with Gasteiger partial charge in [0.25, 0.3) is 0 Å². The van der Waals surface area contributed by atoms with E-state index in [0.717, 1.165) is 27.6 Å². The highest BCUT2D eigenvalue weighted by Crippen LogP contribution is 2.38. The van der Waals surface area contributed by atoms with Crippen LogP contribution in [0.1, 0.15) is 23.6 Å². The van der Waals surface area contributed by atoms with E-state index in [-0.39, 0.29) is 0 Å². The van der Waals surface area contributed by atoms with E-state index in [1.807, 2.05) is 51.1 Å². The Hall–Kier alpha value is -3.28. The Morgan fingerprint density at radius 2 is 1.59 bits per heavy atom. The molecule has 6 heteroatoms. The predicted octanol–water partition coefficient (Wildman–Crippen LogP) is 4.34. The number of pyridine rings is 1. The summed E-state index contributed by atoms with van der Waals surface area (Å²) >= 11 is 0. The van der Waals surface area contributed by atoms with Crippen molar-refractivity contribution in [1.82, 2.24) is 4.98 Å². The zero-order valence-corrected chi connectivity index (χ0v) is 16.2. The van der Waals surface area contributed by atoms with Crippen molar-refractivity contribution in [3.05, 3.63) is 53.2 Å². The van der Waals surface area contributed by atoms with Crippen LogP contribution in [0.15, 0.2) is 41.6 Å². The molecule has 0 spiro atoms. The summed E-state index contributed by atoms with van der Waals surface area (Å²) in [5.41, 5.74) is 4.57. The molecule has 0 atom stereocenters. The fourth-order valence-electron chi connectivity index (χ4n) is 2.88. The molecule has 0 aliphatic carbocycles. The number of benzene rings is 2. The number of ether oxygens (including phenoxy) is 3. The van der Waals surface area contributed by atoms with Gasteiger partial charge in [-0.05, 0) is 56.2 Å². The van der Waals surface area contributed by atoms with Gasteiger partial charge in [-0.25, -0.2) is 0 Å². The Balaban J connectivity index is 2.16. The molecule has 27 heavy (non-hydrogen) atoms. The van der Waals surface area contributed by atoms with Crippen LogP contribution in [0.3, 0.4) is 0 Å². The van der Waals surface area contributed by atoms with Gasteiger partial charge in [0.1, 0.15) is 11.5 Å². The highest BCUT2D eigenvalue weighted by molar-refractivity contribution is 6.01. The highest BCUT2D eigenvalue weighted by atomic mass is 16.5. The Kier molecular flexibility index (Phi) is 5.16. The van der Waals surface area contributed by atoms with Gasteiger partial charge >= 0.3 is 0 Å². The first-order valence-corrected chi connectivity index (χ1v) is 8.53. The topological polar surface area (TPSA) is 79.0 Å². The second kappa shape index (κ2) is 7.53. The molecular formula is C21H23N3O3. The first-order chi connectivity index (χ1) is 13.0.